The van der Waals surface area contributed by atoms with Crippen LogP contribution in [0.15, 0.2) is 65.4 Å². The first-order chi connectivity index (χ1) is 13.7. The number of hydrogen-bond acceptors (Lipinski definition) is 4. The van der Waals surface area contributed by atoms with Gasteiger partial charge in [-0.25, -0.2) is 0 Å². The zero-order valence-corrected chi connectivity index (χ0v) is 16.1. The summed E-state index contributed by atoms with van der Waals surface area (Å²) in [5.74, 6) is 0.175. The van der Waals surface area contributed by atoms with Crippen molar-refractivity contribution in [2.24, 2.45) is 5.92 Å². The van der Waals surface area contributed by atoms with Crippen LogP contribution in [0, 0.1) is 12.8 Å². The zero-order valence-electron chi connectivity index (χ0n) is 16.1. The van der Waals surface area contributed by atoms with Crippen molar-refractivity contribution in [3.63, 3.8) is 0 Å². The number of piperidine rings is 1. The highest BCUT2D eigenvalue weighted by atomic mass is 16.5. The van der Waals surface area contributed by atoms with Gasteiger partial charge in [-0.2, -0.15) is 0 Å². The summed E-state index contributed by atoms with van der Waals surface area (Å²) >= 11 is 0. The predicted molar refractivity (Wildman–Crippen MR) is 110 cm³/mol. The number of amides is 1. The van der Waals surface area contributed by atoms with E-state index in [1.807, 2.05) is 18.2 Å². The first-order valence-corrected chi connectivity index (χ1v) is 9.77. The summed E-state index contributed by atoms with van der Waals surface area (Å²) in [5.41, 5.74) is 5.38. The Morgan fingerprint density at radius 2 is 1.89 bits per heavy atom. The SMILES string of the molecule is Cc1cccc(-c2ccc(NC(=O)C3CCN(Cc4ccon4)CC3)cc2)c1. The van der Waals surface area contributed by atoms with Gasteiger partial charge in [0, 0.05) is 24.2 Å². The lowest BCUT2D eigenvalue weighted by Gasteiger charge is -2.30. The van der Waals surface area contributed by atoms with Crippen LogP contribution in [-0.2, 0) is 11.3 Å². The number of aryl methyl sites for hydroxylation is 1. The molecule has 1 N–H and O–H groups in total. The molecule has 0 unspecified atom stereocenters. The second-order valence-corrected chi connectivity index (χ2v) is 7.48. The molecule has 1 saturated heterocycles. The van der Waals surface area contributed by atoms with Crippen molar-refractivity contribution >= 4 is 11.6 Å². The number of benzene rings is 2. The van der Waals surface area contributed by atoms with Crippen LogP contribution in [0.4, 0.5) is 5.69 Å². The van der Waals surface area contributed by atoms with E-state index in [-0.39, 0.29) is 11.8 Å². The summed E-state index contributed by atoms with van der Waals surface area (Å²) in [5, 5.41) is 7.04. The lowest BCUT2D eigenvalue weighted by Crippen LogP contribution is -2.37. The van der Waals surface area contributed by atoms with Gasteiger partial charge in [-0.15, -0.1) is 0 Å². The molecule has 0 atom stereocenters. The van der Waals surface area contributed by atoms with Crippen LogP contribution in [0.3, 0.4) is 0 Å². The van der Waals surface area contributed by atoms with E-state index < -0.39 is 0 Å². The Bertz CT molecular complexity index is 911. The van der Waals surface area contributed by atoms with Gasteiger partial charge >= 0.3 is 0 Å². The molecule has 2 aromatic carbocycles. The average Bonchev–Trinajstić information content (AvgIpc) is 3.22. The van der Waals surface area contributed by atoms with Crippen LogP contribution < -0.4 is 5.32 Å². The summed E-state index contributed by atoms with van der Waals surface area (Å²) in [7, 11) is 0. The molecule has 1 amide bonds. The number of aromatic nitrogens is 1. The smallest absolute Gasteiger partial charge is 0.227 e. The minimum Gasteiger partial charge on any atom is -0.364 e. The van der Waals surface area contributed by atoms with Crippen molar-refractivity contribution in [3.8, 4) is 11.1 Å². The van der Waals surface area contributed by atoms with Crippen molar-refractivity contribution in [3.05, 3.63) is 72.1 Å². The standard InChI is InChI=1S/C23H25N3O2/c1-17-3-2-4-20(15-17)18-5-7-21(8-6-18)24-23(27)19-9-12-26(13-10-19)16-22-11-14-28-25-22/h2-8,11,14-15,19H,9-10,12-13,16H2,1H3,(H,24,27). The third-order valence-electron chi connectivity index (χ3n) is 5.34. The molecule has 1 fully saturated rings. The highest BCUT2D eigenvalue weighted by Gasteiger charge is 2.25. The monoisotopic (exact) mass is 375 g/mol. The quantitative estimate of drug-likeness (QED) is 0.713. The molecule has 28 heavy (non-hydrogen) atoms. The van der Waals surface area contributed by atoms with Crippen LogP contribution >= 0.6 is 0 Å². The zero-order chi connectivity index (χ0) is 19.3. The fourth-order valence-corrected chi connectivity index (χ4v) is 3.72. The van der Waals surface area contributed by atoms with Gasteiger partial charge in [0.1, 0.15) is 6.26 Å². The average molecular weight is 375 g/mol. The molecular weight excluding hydrogens is 350 g/mol. The van der Waals surface area contributed by atoms with Crippen LogP contribution in [0.2, 0.25) is 0 Å². The van der Waals surface area contributed by atoms with Gasteiger partial charge in [-0.05, 0) is 56.1 Å². The molecule has 144 valence electrons. The summed E-state index contributed by atoms with van der Waals surface area (Å²) in [6.45, 7) is 4.68. The van der Waals surface area contributed by atoms with Crippen molar-refractivity contribution in [1.82, 2.24) is 10.1 Å². The fraction of sp³-hybridized carbons (Fsp3) is 0.304. The van der Waals surface area contributed by atoms with Crippen LogP contribution in [0.5, 0.6) is 0 Å². The molecule has 1 aliphatic heterocycles. The molecule has 2 heterocycles. The third kappa shape index (κ3) is 4.49. The normalized spacial score (nSPS) is 15.5. The molecule has 1 aromatic heterocycles. The maximum atomic E-state index is 12.6. The number of carbonyl (C=O) groups is 1. The number of nitrogens with one attached hydrogen (secondary N) is 1. The molecule has 5 heteroatoms. The molecule has 0 saturated carbocycles. The lowest BCUT2D eigenvalue weighted by molar-refractivity contribution is -0.121. The van der Waals surface area contributed by atoms with Crippen LogP contribution in [0.25, 0.3) is 11.1 Å². The van der Waals surface area contributed by atoms with E-state index in [0.29, 0.717) is 0 Å². The second kappa shape index (κ2) is 8.40. The van der Waals surface area contributed by atoms with Gasteiger partial charge in [0.15, 0.2) is 0 Å². The van der Waals surface area contributed by atoms with E-state index in [2.05, 4.69) is 58.7 Å². The molecule has 0 spiro atoms. The van der Waals surface area contributed by atoms with Crippen LogP contribution in [0.1, 0.15) is 24.1 Å². The summed E-state index contributed by atoms with van der Waals surface area (Å²) in [4.78, 5) is 15.0. The van der Waals surface area contributed by atoms with Crippen molar-refractivity contribution in [2.75, 3.05) is 18.4 Å². The molecule has 4 rings (SSSR count). The Morgan fingerprint density at radius 3 is 2.57 bits per heavy atom. The largest absolute Gasteiger partial charge is 0.364 e. The first-order valence-electron chi connectivity index (χ1n) is 9.77. The maximum absolute atomic E-state index is 12.6. The minimum atomic E-state index is 0.0602. The lowest BCUT2D eigenvalue weighted by atomic mass is 9.95. The summed E-state index contributed by atoms with van der Waals surface area (Å²) < 4.78 is 4.88. The number of carbonyl (C=O) groups excluding carboxylic acids is 1. The third-order valence-corrected chi connectivity index (χ3v) is 5.34. The van der Waals surface area contributed by atoms with Gasteiger partial charge in [0.2, 0.25) is 5.91 Å². The topological polar surface area (TPSA) is 58.4 Å². The molecule has 0 radical (unpaired) electrons. The number of rotatable bonds is 5. The van der Waals surface area contributed by atoms with E-state index in [9.17, 15) is 4.79 Å². The highest BCUT2D eigenvalue weighted by molar-refractivity contribution is 5.92. The van der Waals surface area contributed by atoms with Crippen molar-refractivity contribution < 1.29 is 9.32 Å². The predicted octanol–water partition coefficient (Wildman–Crippen LogP) is 4.50. The Hall–Kier alpha value is -2.92. The molecule has 1 aliphatic rings. The number of likely N-dealkylation sites (tertiary alicyclic amines) is 1. The molecule has 0 bridgehead atoms. The number of hydrogen-bond donors (Lipinski definition) is 1. The Labute approximate surface area is 165 Å². The summed E-state index contributed by atoms with van der Waals surface area (Å²) in [6.07, 6.45) is 3.33. The Balaban J connectivity index is 1.30. The minimum absolute atomic E-state index is 0.0602. The van der Waals surface area contributed by atoms with E-state index in [4.69, 9.17) is 4.52 Å². The maximum Gasteiger partial charge on any atom is 0.227 e. The van der Waals surface area contributed by atoms with Gasteiger partial charge in [-0.3, -0.25) is 9.69 Å². The fourth-order valence-electron chi connectivity index (χ4n) is 3.72. The summed E-state index contributed by atoms with van der Waals surface area (Å²) in [6, 6.07) is 18.4. The molecule has 5 nitrogen and oxygen atoms in total. The van der Waals surface area contributed by atoms with E-state index in [1.165, 1.54) is 11.1 Å². The molecule has 3 aromatic rings. The van der Waals surface area contributed by atoms with Crippen LogP contribution in [-0.4, -0.2) is 29.1 Å². The van der Waals surface area contributed by atoms with Gasteiger partial charge < -0.3 is 9.84 Å². The molecule has 0 aliphatic carbocycles. The van der Waals surface area contributed by atoms with Crippen molar-refractivity contribution in [2.45, 2.75) is 26.3 Å². The van der Waals surface area contributed by atoms with Gasteiger partial charge in [0.05, 0.1) is 5.69 Å². The number of nitrogens with zero attached hydrogens (tertiary/aromatic N) is 2. The number of anilines is 1. The van der Waals surface area contributed by atoms with E-state index in [1.54, 1.807) is 6.26 Å². The van der Waals surface area contributed by atoms with E-state index in [0.717, 1.165) is 49.4 Å². The first kappa shape index (κ1) is 18.4. The van der Waals surface area contributed by atoms with Crippen molar-refractivity contribution in [1.29, 1.82) is 0 Å². The highest BCUT2D eigenvalue weighted by Crippen LogP contribution is 2.24. The second-order valence-electron chi connectivity index (χ2n) is 7.48. The van der Waals surface area contributed by atoms with Gasteiger partial charge in [-0.1, -0.05) is 47.1 Å². The Kier molecular flexibility index (Phi) is 5.53. The van der Waals surface area contributed by atoms with Gasteiger partial charge in [0.25, 0.3) is 0 Å². The van der Waals surface area contributed by atoms with E-state index >= 15 is 0 Å². The molecular formula is C23H25N3O2. The Morgan fingerprint density at radius 1 is 1.11 bits per heavy atom.